The number of nitrogens with one attached hydrogen (secondary N) is 1. The number of halogens is 1. The van der Waals surface area contributed by atoms with Crippen LogP contribution < -0.4 is 15.8 Å². The Kier molecular flexibility index (Phi) is 4.20. The molecule has 0 saturated carbocycles. The van der Waals surface area contributed by atoms with Crippen molar-refractivity contribution in [2.75, 3.05) is 18.2 Å². The van der Waals surface area contributed by atoms with Crippen molar-refractivity contribution in [2.45, 2.75) is 6.42 Å². The molecule has 0 aliphatic rings. The van der Waals surface area contributed by atoms with Crippen molar-refractivity contribution in [1.82, 2.24) is 0 Å². The van der Waals surface area contributed by atoms with Gasteiger partial charge < -0.3 is 15.8 Å². The maximum Gasteiger partial charge on any atom is 0.228 e. The molecule has 2 aromatic rings. The number of nitrogens with two attached hydrogens (primary N) is 1. The van der Waals surface area contributed by atoms with Gasteiger partial charge in [-0.2, -0.15) is 0 Å². The summed E-state index contributed by atoms with van der Waals surface area (Å²) in [6.07, 6.45) is 0.101. The normalized spacial score (nSPS) is 10.1. The van der Waals surface area contributed by atoms with Gasteiger partial charge in [0.05, 0.1) is 19.2 Å². The molecule has 0 aliphatic heterocycles. The monoisotopic (exact) mass is 274 g/mol. The number of carbonyl (C=O) groups excluding carboxylic acids is 1. The van der Waals surface area contributed by atoms with E-state index in [1.807, 2.05) is 0 Å². The van der Waals surface area contributed by atoms with Gasteiger partial charge in [0.25, 0.3) is 0 Å². The van der Waals surface area contributed by atoms with Crippen LogP contribution in [0.4, 0.5) is 15.8 Å². The van der Waals surface area contributed by atoms with Gasteiger partial charge in [0.1, 0.15) is 11.6 Å². The van der Waals surface area contributed by atoms with E-state index in [0.717, 1.165) is 0 Å². The van der Waals surface area contributed by atoms with Crippen molar-refractivity contribution in [1.29, 1.82) is 0 Å². The maximum absolute atomic E-state index is 13.0. The van der Waals surface area contributed by atoms with Crippen LogP contribution in [-0.2, 0) is 11.2 Å². The van der Waals surface area contributed by atoms with Gasteiger partial charge in [-0.1, -0.05) is 12.1 Å². The molecule has 5 heteroatoms. The average Bonchev–Trinajstić information content (AvgIpc) is 2.38. The maximum atomic E-state index is 13.0. The number of anilines is 2. The van der Waals surface area contributed by atoms with Crippen LogP contribution in [0, 0.1) is 5.82 Å². The van der Waals surface area contributed by atoms with E-state index in [1.165, 1.54) is 19.2 Å². The van der Waals surface area contributed by atoms with Crippen molar-refractivity contribution in [3.05, 3.63) is 53.8 Å². The Bertz CT molecular complexity index is 629. The molecule has 0 bridgehead atoms. The summed E-state index contributed by atoms with van der Waals surface area (Å²) in [5, 5.41) is 2.71. The molecule has 104 valence electrons. The van der Waals surface area contributed by atoms with Crippen LogP contribution >= 0.6 is 0 Å². The van der Waals surface area contributed by atoms with Crippen molar-refractivity contribution in [3.63, 3.8) is 0 Å². The summed E-state index contributed by atoms with van der Waals surface area (Å²) in [6, 6.07) is 10.9. The highest BCUT2D eigenvalue weighted by Gasteiger charge is 2.06. The Hall–Kier alpha value is -2.56. The largest absolute Gasteiger partial charge is 0.495 e. The highest BCUT2D eigenvalue weighted by molar-refractivity contribution is 5.92. The summed E-state index contributed by atoms with van der Waals surface area (Å²) < 4.78 is 18.1. The summed E-state index contributed by atoms with van der Waals surface area (Å²) >= 11 is 0. The molecule has 0 unspecified atom stereocenters. The van der Waals surface area contributed by atoms with E-state index in [1.54, 1.807) is 30.3 Å². The fourth-order valence-electron chi connectivity index (χ4n) is 1.85. The van der Waals surface area contributed by atoms with E-state index < -0.39 is 0 Å². The Morgan fingerprint density at radius 2 is 2.10 bits per heavy atom. The third-order valence-electron chi connectivity index (χ3n) is 2.77. The topological polar surface area (TPSA) is 64.3 Å². The fraction of sp³-hybridized carbons (Fsp3) is 0.133. The van der Waals surface area contributed by atoms with Crippen molar-refractivity contribution >= 4 is 17.3 Å². The van der Waals surface area contributed by atoms with Crippen LogP contribution in [0.3, 0.4) is 0 Å². The van der Waals surface area contributed by atoms with Crippen LogP contribution in [0.1, 0.15) is 5.56 Å². The second-order valence-electron chi connectivity index (χ2n) is 4.31. The summed E-state index contributed by atoms with van der Waals surface area (Å²) in [5.74, 6) is -0.0442. The molecule has 0 aliphatic carbocycles. The molecule has 0 fully saturated rings. The number of nitrogen functional groups attached to an aromatic ring is 1. The number of hydrogen-bond acceptors (Lipinski definition) is 3. The molecule has 0 aromatic heterocycles. The zero-order valence-electron chi connectivity index (χ0n) is 11.0. The number of rotatable bonds is 4. The van der Waals surface area contributed by atoms with E-state index in [9.17, 15) is 9.18 Å². The highest BCUT2D eigenvalue weighted by Crippen LogP contribution is 2.24. The van der Waals surface area contributed by atoms with Gasteiger partial charge in [-0.15, -0.1) is 0 Å². The van der Waals surface area contributed by atoms with Crippen LogP contribution in [0.2, 0.25) is 0 Å². The minimum Gasteiger partial charge on any atom is -0.495 e. The second-order valence-corrected chi connectivity index (χ2v) is 4.31. The average molecular weight is 274 g/mol. The zero-order chi connectivity index (χ0) is 14.5. The molecule has 2 rings (SSSR count). The molecular weight excluding hydrogens is 259 g/mol. The lowest BCUT2D eigenvalue weighted by Gasteiger charge is -2.09. The quantitative estimate of drug-likeness (QED) is 0.842. The lowest BCUT2D eigenvalue weighted by atomic mass is 10.1. The minimum absolute atomic E-state index is 0.101. The lowest BCUT2D eigenvalue weighted by molar-refractivity contribution is -0.115. The first-order valence-corrected chi connectivity index (χ1v) is 6.06. The minimum atomic E-state index is -0.357. The van der Waals surface area contributed by atoms with Gasteiger partial charge in [-0.05, 0) is 35.9 Å². The predicted molar refractivity (Wildman–Crippen MR) is 76.1 cm³/mol. The summed E-state index contributed by atoms with van der Waals surface area (Å²) in [5.41, 5.74) is 7.38. The van der Waals surface area contributed by atoms with E-state index in [2.05, 4.69) is 5.32 Å². The molecule has 0 saturated heterocycles. The smallest absolute Gasteiger partial charge is 0.228 e. The lowest BCUT2D eigenvalue weighted by Crippen LogP contribution is -2.14. The first kappa shape index (κ1) is 13.9. The SMILES string of the molecule is COc1ccc(NC(=O)Cc2cccc(F)c2)cc1N. The van der Waals surface area contributed by atoms with E-state index in [-0.39, 0.29) is 18.1 Å². The Balaban J connectivity index is 2.03. The third-order valence-corrected chi connectivity index (χ3v) is 2.77. The van der Waals surface area contributed by atoms with Gasteiger partial charge in [0.2, 0.25) is 5.91 Å². The summed E-state index contributed by atoms with van der Waals surface area (Å²) in [7, 11) is 1.52. The first-order chi connectivity index (χ1) is 9.58. The Labute approximate surface area is 116 Å². The van der Waals surface area contributed by atoms with Gasteiger partial charge in [0.15, 0.2) is 0 Å². The Morgan fingerprint density at radius 1 is 1.30 bits per heavy atom. The van der Waals surface area contributed by atoms with Gasteiger partial charge in [-0.25, -0.2) is 4.39 Å². The molecule has 0 spiro atoms. The predicted octanol–water partition coefficient (Wildman–Crippen LogP) is 2.60. The molecular formula is C15H15FN2O2. The molecule has 4 nitrogen and oxygen atoms in total. The van der Waals surface area contributed by atoms with Gasteiger partial charge >= 0.3 is 0 Å². The molecule has 2 aromatic carbocycles. The number of benzene rings is 2. The molecule has 0 heterocycles. The van der Waals surface area contributed by atoms with Crippen molar-refractivity contribution in [2.24, 2.45) is 0 Å². The van der Waals surface area contributed by atoms with E-state index in [0.29, 0.717) is 22.7 Å². The molecule has 20 heavy (non-hydrogen) atoms. The molecule has 0 atom stereocenters. The fourth-order valence-corrected chi connectivity index (χ4v) is 1.85. The van der Waals surface area contributed by atoms with Crippen LogP contribution in [0.5, 0.6) is 5.75 Å². The second kappa shape index (κ2) is 6.06. The van der Waals surface area contributed by atoms with Crippen LogP contribution in [0.15, 0.2) is 42.5 Å². The summed E-state index contributed by atoms with van der Waals surface area (Å²) in [4.78, 5) is 11.9. The number of methoxy groups -OCH3 is 1. The van der Waals surface area contributed by atoms with Gasteiger partial charge in [-0.3, -0.25) is 4.79 Å². The van der Waals surface area contributed by atoms with Crippen molar-refractivity contribution < 1.29 is 13.9 Å². The number of carbonyl (C=O) groups is 1. The number of amides is 1. The molecule has 3 N–H and O–H groups in total. The summed E-state index contributed by atoms with van der Waals surface area (Å²) in [6.45, 7) is 0. The molecule has 0 radical (unpaired) electrons. The first-order valence-electron chi connectivity index (χ1n) is 6.06. The molecule has 1 amide bonds. The standard InChI is InChI=1S/C15H15FN2O2/c1-20-14-6-5-12(9-13(14)17)18-15(19)8-10-3-2-4-11(16)7-10/h2-7,9H,8,17H2,1H3,(H,18,19). The number of ether oxygens (including phenoxy) is 1. The van der Waals surface area contributed by atoms with E-state index >= 15 is 0 Å². The highest BCUT2D eigenvalue weighted by atomic mass is 19.1. The Morgan fingerprint density at radius 3 is 2.75 bits per heavy atom. The van der Waals surface area contributed by atoms with Crippen LogP contribution in [0.25, 0.3) is 0 Å². The number of hydrogen-bond donors (Lipinski definition) is 2. The van der Waals surface area contributed by atoms with E-state index in [4.69, 9.17) is 10.5 Å². The van der Waals surface area contributed by atoms with Crippen LogP contribution in [-0.4, -0.2) is 13.0 Å². The third kappa shape index (κ3) is 3.47. The zero-order valence-corrected chi connectivity index (χ0v) is 11.0. The van der Waals surface area contributed by atoms with Crippen molar-refractivity contribution in [3.8, 4) is 5.75 Å². The van der Waals surface area contributed by atoms with Gasteiger partial charge in [0, 0.05) is 5.69 Å².